The first-order valence-corrected chi connectivity index (χ1v) is 5.68. The first-order valence-electron chi connectivity index (χ1n) is 4.42. The number of pyridine rings is 1. The number of aromatic nitrogens is 1. The Morgan fingerprint density at radius 2 is 2.20 bits per heavy atom. The Morgan fingerprint density at radius 1 is 1.33 bits per heavy atom. The van der Waals surface area contributed by atoms with Crippen molar-refractivity contribution in [2.45, 2.75) is 6.92 Å². The molecule has 0 spiro atoms. The first kappa shape index (κ1) is 10.2. The highest BCUT2D eigenvalue weighted by atomic mass is 35.5. The highest BCUT2D eigenvalue weighted by Crippen LogP contribution is 2.21. The molecule has 2 aromatic rings. The second-order valence-corrected chi connectivity index (χ2v) is 4.63. The van der Waals surface area contributed by atoms with Gasteiger partial charge in [0.1, 0.15) is 4.34 Å². The number of nitrogens with zero attached hydrogens (tertiary/aromatic N) is 1. The predicted molar refractivity (Wildman–Crippen MR) is 64.3 cm³/mol. The summed E-state index contributed by atoms with van der Waals surface area (Å²) in [5.41, 5.74) is 2.90. The molecule has 0 aromatic carbocycles. The zero-order valence-corrected chi connectivity index (χ0v) is 9.69. The van der Waals surface area contributed by atoms with Crippen molar-refractivity contribution in [2.24, 2.45) is 0 Å². The van der Waals surface area contributed by atoms with E-state index in [0.29, 0.717) is 0 Å². The molecule has 0 saturated heterocycles. The lowest BCUT2D eigenvalue weighted by Crippen LogP contribution is -1.80. The topological polar surface area (TPSA) is 12.9 Å². The zero-order valence-electron chi connectivity index (χ0n) is 8.12. The van der Waals surface area contributed by atoms with E-state index < -0.39 is 0 Å². The van der Waals surface area contributed by atoms with Crippen LogP contribution >= 0.6 is 22.9 Å². The summed E-state index contributed by atoms with van der Waals surface area (Å²) in [6.07, 6.45) is 3.56. The molecule has 0 N–H and O–H groups in total. The van der Waals surface area contributed by atoms with Gasteiger partial charge in [-0.15, -0.1) is 11.3 Å². The van der Waals surface area contributed by atoms with Crippen LogP contribution in [0, 0.1) is 18.8 Å². The van der Waals surface area contributed by atoms with Gasteiger partial charge in [-0.3, -0.25) is 4.98 Å². The lowest BCUT2D eigenvalue weighted by atomic mass is 10.2. The van der Waals surface area contributed by atoms with Crippen LogP contribution in [0.4, 0.5) is 0 Å². The Hall–Kier alpha value is -1.30. The standard InChI is InChI=1S/C12H8ClNS/c1-9-6-10(8-14-7-9)2-3-11-4-5-15-12(11)13/h4-8H,1H3. The van der Waals surface area contributed by atoms with E-state index in [9.17, 15) is 0 Å². The monoisotopic (exact) mass is 233 g/mol. The van der Waals surface area contributed by atoms with Crippen LogP contribution in [0.2, 0.25) is 4.34 Å². The van der Waals surface area contributed by atoms with E-state index in [-0.39, 0.29) is 0 Å². The van der Waals surface area contributed by atoms with Gasteiger partial charge in [0.15, 0.2) is 0 Å². The Labute approximate surface area is 97.7 Å². The fourth-order valence-electron chi connectivity index (χ4n) is 1.14. The molecule has 0 amide bonds. The molecule has 15 heavy (non-hydrogen) atoms. The Kier molecular flexibility index (Phi) is 3.05. The van der Waals surface area contributed by atoms with Gasteiger partial charge in [-0.2, -0.15) is 0 Å². The van der Waals surface area contributed by atoms with Gasteiger partial charge >= 0.3 is 0 Å². The van der Waals surface area contributed by atoms with Crippen LogP contribution in [0.5, 0.6) is 0 Å². The summed E-state index contributed by atoms with van der Waals surface area (Å²) in [6, 6.07) is 3.92. The van der Waals surface area contributed by atoms with Crippen LogP contribution in [0.1, 0.15) is 16.7 Å². The van der Waals surface area contributed by atoms with E-state index in [1.165, 1.54) is 11.3 Å². The van der Waals surface area contributed by atoms with E-state index in [4.69, 9.17) is 11.6 Å². The molecule has 3 heteroatoms. The minimum Gasteiger partial charge on any atom is -0.263 e. The van der Waals surface area contributed by atoms with Gasteiger partial charge in [0, 0.05) is 18.0 Å². The van der Waals surface area contributed by atoms with Crippen molar-refractivity contribution in [3.05, 3.63) is 50.9 Å². The fraction of sp³-hybridized carbons (Fsp3) is 0.0833. The van der Waals surface area contributed by atoms with Crippen LogP contribution in [0.3, 0.4) is 0 Å². The van der Waals surface area contributed by atoms with Crippen LogP contribution in [-0.4, -0.2) is 4.98 Å². The summed E-state index contributed by atoms with van der Waals surface area (Å²) < 4.78 is 0.739. The molecular weight excluding hydrogens is 226 g/mol. The van der Waals surface area contributed by atoms with Crippen molar-refractivity contribution in [3.8, 4) is 11.8 Å². The fourth-order valence-corrected chi connectivity index (χ4v) is 1.98. The van der Waals surface area contributed by atoms with Gasteiger partial charge in [-0.05, 0) is 30.0 Å². The lowest BCUT2D eigenvalue weighted by Gasteiger charge is -1.91. The number of rotatable bonds is 0. The molecule has 0 radical (unpaired) electrons. The number of halogens is 1. The third kappa shape index (κ3) is 2.59. The average molecular weight is 234 g/mol. The van der Waals surface area contributed by atoms with Crippen molar-refractivity contribution in [1.82, 2.24) is 4.98 Å². The second kappa shape index (κ2) is 4.48. The molecule has 74 valence electrons. The number of aryl methyl sites for hydroxylation is 1. The highest BCUT2D eigenvalue weighted by Gasteiger charge is 1.96. The molecule has 2 aromatic heterocycles. The van der Waals surface area contributed by atoms with Crippen LogP contribution in [0.15, 0.2) is 29.9 Å². The third-order valence-corrected chi connectivity index (χ3v) is 3.00. The average Bonchev–Trinajstić information content (AvgIpc) is 2.61. The normalized spacial score (nSPS) is 9.47. The van der Waals surface area contributed by atoms with E-state index >= 15 is 0 Å². The molecule has 0 fully saturated rings. The number of hydrogen-bond donors (Lipinski definition) is 0. The van der Waals surface area contributed by atoms with E-state index in [1.807, 2.05) is 30.6 Å². The SMILES string of the molecule is Cc1cncc(C#Cc2ccsc2Cl)c1. The van der Waals surface area contributed by atoms with Crippen molar-refractivity contribution in [2.75, 3.05) is 0 Å². The van der Waals surface area contributed by atoms with E-state index in [0.717, 1.165) is 21.0 Å². The van der Waals surface area contributed by atoms with Gasteiger partial charge < -0.3 is 0 Å². The summed E-state index contributed by atoms with van der Waals surface area (Å²) in [5, 5.41) is 1.93. The summed E-state index contributed by atoms with van der Waals surface area (Å²) in [7, 11) is 0. The molecular formula is C12H8ClNS. The summed E-state index contributed by atoms with van der Waals surface area (Å²) >= 11 is 7.43. The maximum atomic E-state index is 5.94. The summed E-state index contributed by atoms with van der Waals surface area (Å²) in [5.74, 6) is 6.06. The molecule has 0 bridgehead atoms. The smallest absolute Gasteiger partial charge is 0.109 e. The summed E-state index contributed by atoms with van der Waals surface area (Å²) in [4.78, 5) is 4.07. The van der Waals surface area contributed by atoms with Gasteiger partial charge in [0.05, 0.1) is 5.56 Å². The lowest BCUT2D eigenvalue weighted by molar-refractivity contribution is 1.26. The third-order valence-electron chi connectivity index (χ3n) is 1.83. The van der Waals surface area contributed by atoms with Gasteiger partial charge in [-0.1, -0.05) is 23.4 Å². The van der Waals surface area contributed by atoms with Gasteiger partial charge in [0.2, 0.25) is 0 Å². The molecule has 2 rings (SSSR count). The molecule has 1 nitrogen and oxygen atoms in total. The molecule has 0 aliphatic heterocycles. The minimum atomic E-state index is 0.739. The Morgan fingerprint density at radius 3 is 2.87 bits per heavy atom. The molecule has 2 heterocycles. The number of thiophene rings is 1. The van der Waals surface area contributed by atoms with Crippen LogP contribution in [-0.2, 0) is 0 Å². The molecule has 0 aliphatic carbocycles. The number of hydrogen-bond acceptors (Lipinski definition) is 2. The van der Waals surface area contributed by atoms with Crippen LogP contribution in [0.25, 0.3) is 0 Å². The first-order chi connectivity index (χ1) is 7.25. The van der Waals surface area contributed by atoms with Crippen molar-refractivity contribution >= 4 is 22.9 Å². The molecule has 0 aliphatic rings. The summed E-state index contributed by atoms with van der Waals surface area (Å²) in [6.45, 7) is 2.00. The molecule has 0 saturated carbocycles. The van der Waals surface area contributed by atoms with Gasteiger partial charge in [0.25, 0.3) is 0 Å². The zero-order chi connectivity index (χ0) is 10.7. The second-order valence-electron chi connectivity index (χ2n) is 3.11. The van der Waals surface area contributed by atoms with Crippen molar-refractivity contribution in [3.63, 3.8) is 0 Å². The van der Waals surface area contributed by atoms with E-state index in [2.05, 4.69) is 16.8 Å². The molecule has 0 atom stereocenters. The maximum Gasteiger partial charge on any atom is 0.109 e. The van der Waals surface area contributed by atoms with Crippen LogP contribution < -0.4 is 0 Å². The highest BCUT2D eigenvalue weighted by molar-refractivity contribution is 7.14. The largest absolute Gasteiger partial charge is 0.263 e. The Balaban J connectivity index is 2.30. The van der Waals surface area contributed by atoms with E-state index in [1.54, 1.807) is 6.20 Å². The Bertz CT molecular complexity index is 534. The van der Waals surface area contributed by atoms with Gasteiger partial charge in [-0.25, -0.2) is 0 Å². The predicted octanol–water partition coefficient (Wildman–Crippen LogP) is 3.50. The van der Waals surface area contributed by atoms with Crippen molar-refractivity contribution < 1.29 is 0 Å². The maximum absolute atomic E-state index is 5.94. The quantitative estimate of drug-likeness (QED) is 0.635. The van der Waals surface area contributed by atoms with Crippen molar-refractivity contribution in [1.29, 1.82) is 0 Å². The molecule has 0 unspecified atom stereocenters. The minimum absolute atomic E-state index is 0.739.